The Labute approximate surface area is 93.2 Å². The van der Waals surface area contributed by atoms with E-state index < -0.39 is 39.4 Å². The number of nitro benzene ring substituents is 1. The molecule has 1 rings (SSSR count). The van der Waals surface area contributed by atoms with Crippen molar-refractivity contribution in [2.45, 2.75) is 13.1 Å². The number of hydrogen-bond donors (Lipinski definition) is 1. The van der Waals surface area contributed by atoms with Crippen LogP contribution in [0.25, 0.3) is 0 Å². The van der Waals surface area contributed by atoms with Gasteiger partial charge in [-0.2, -0.15) is 13.2 Å². The lowest BCUT2D eigenvalue weighted by Gasteiger charge is -2.13. The van der Waals surface area contributed by atoms with E-state index in [4.69, 9.17) is 5.73 Å². The summed E-state index contributed by atoms with van der Waals surface area (Å²) in [6, 6.07) is 1.53. The Morgan fingerprint density at radius 1 is 1.41 bits per heavy atom. The molecule has 1 aromatic carbocycles. The molecule has 92 valence electrons. The van der Waals surface area contributed by atoms with E-state index in [0.29, 0.717) is 0 Å². The number of carbonyl (C=O) groups excluding carboxylic acids is 1. The van der Waals surface area contributed by atoms with Crippen molar-refractivity contribution in [3.63, 3.8) is 0 Å². The minimum absolute atomic E-state index is 0.680. The smallest absolute Gasteiger partial charge is 0.393 e. The van der Waals surface area contributed by atoms with Gasteiger partial charge in [-0.15, -0.1) is 0 Å². The lowest BCUT2D eigenvalue weighted by atomic mass is 10.0. The van der Waals surface area contributed by atoms with Gasteiger partial charge in [0.2, 0.25) is 0 Å². The Bertz CT molecular complexity index is 497. The van der Waals surface area contributed by atoms with Crippen molar-refractivity contribution in [1.82, 2.24) is 0 Å². The zero-order chi connectivity index (χ0) is 13.4. The molecule has 0 spiro atoms. The van der Waals surface area contributed by atoms with Crippen molar-refractivity contribution >= 4 is 17.2 Å². The van der Waals surface area contributed by atoms with Gasteiger partial charge in [-0.05, 0) is 13.0 Å². The normalized spacial score (nSPS) is 11.3. The number of nitrogens with zero attached hydrogens (tertiary/aromatic N) is 1. The minimum Gasteiger partial charge on any atom is -0.393 e. The van der Waals surface area contributed by atoms with E-state index in [1.165, 1.54) is 0 Å². The Morgan fingerprint density at radius 2 is 1.94 bits per heavy atom. The number of nitrogens with two attached hydrogens (primary N) is 1. The lowest BCUT2D eigenvalue weighted by Crippen LogP contribution is -2.16. The molecule has 0 fully saturated rings. The summed E-state index contributed by atoms with van der Waals surface area (Å²) in [4.78, 5) is 20.4. The fourth-order valence-electron chi connectivity index (χ4n) is 1.37. The maximum absolute atomic E-state index is 12.7. The first kappa shape index (κ1) is 12.9. The zero-order valence-corrected chi connectivity index (χ0v) is 8.54. The number of Topliss-reactive ketones (excluding diaryl/α,β-unsaturated/α-hetero) is 1. The predicted molar refractivity (Wildman–Crippen MR) is 52.5 cm³/mol. The Kier molecular flexibility index (Phi) is 3.08. The first-order valence-corrected chi connectivity index (χ1v) is 4.31. The fraction of sp³-hybridized carbons (Fsp3) is 0.222. The van der Waals surface area contributed by atoms with Gasteiger partial charge in [0.1, 0.15) is 5.69 Å². The molecule has 2 N–H and O–H groups in total. The maximum atomic E-state index is 12.7. The van der Waals surface area contributed by atoms with Gasteiger partial charge < -0.3 is 5.73 Å². The van der Waals surface area contributed by atoms with Crippen LogP contribution in [0.1, 0.15) is 22.8 Å². The summed E-state index contributed by atoms with van der Waals surface area (Å²) in [5.41, 5.74) is 1.04. The zero-order valence-electron chi connectivity index (χ0n) is 8.54. The van der Waals surface area contributed by atoms with Crippen molar-refractivity contribution in [2.24, 2.45) is 0 Å². The predicted octanol–water partition coefficient (Wildman–Crippen LogP) is 2.40. The first-order valence-electron chi connectivity index (χ1n) is 4.31. The molecule has 0 radical (unpaired) electrons. The van der Waals surface area contributed by atoms with Crippen LogP contribution >= 0.6 is 0 Å². The second-order valence-corrected chi connectivity index (χ2v) is 3.23. The molecular formula is C9H7F3N2O3. The maximum Gasteiger partial charge on any atom is 0.419 e. The van der Waals surface area contributed by atoms with Crippen molar-refractivity contribution in [1.29, 1.82) is 0 Å². The van der Waals surface area contributed by atoms with E-state index in [1.54, 1.807) is 0 Å². The summed E-state index contributed by atoms with van der Waals surface area (Å²) >= 11 is 0. The van der Waals surface area contributed by atoms with Crippen LogP contribution < -0.4 is 5.73 Å². The van der Waals surface area contributed by atoms with Gasteiger partial charge in [0, 0.05) is 11.6 Å². The summed E-state index contributed by atoms with van der Waals surface area (Å²) in [6.07, 6.45) is -4.92. The molecule has 8 heteroatoms. The molecule has 0 atom stereocenters. The van der Waals surface area contributed by atoms with E-state index >= 15 is 0 Å². The number of rotatable bonds is 2. The molecule has 5 nitrogen and oxygen atoms in total. The summed E-state index contributed by atoms with van der Waals surface area (Å²) in [5, 5.41) is 10.5. The molecule has 0 aliphatic carbocycles. The molecular weight excluding hydrogens is 241 g/mol. The average Bonchev–Trinajstić information content (AvgIpc) is 2.14. The third kappa shape index (κ3) is 2.35. The average molecular weight is 248 g/mol. The number of carbonyl (C=O) groups is 1. The van der Waals surface area contributed by atoms with Crippen LogP contribution in [0.15, 0.2) is 12.1 Å². The molecule has 0 heterocycles. The third-order valence-electron chi connectivity index (χ3n) is 2.08. The molecule has 1 aromatic rings. The molecule has 17 heavy (non-hydrogen) atoms. The van der Waals surface area contributed by atoms with Gasteiger partial charge in [0.15, 0.2) is 5.78 Å². The second-order valence-electron chi connectivity index (χ2n) is 3.23. The van der Waals surface area contributed by atoms with E-state index in [-0.39, 0.29) is 0 Å². The Hall–Kier alpha value is -2.12. The first-order chi connectivity index (χ1) is 7.66. The Morgan fingerprint density at radius 3 is 2.29 bits per heavy atom. The summed E-state index contributed by atoms with van der Waals surface area (Å²) < 4.78 is 38.0. The van der Waals surface area contributed by atoms with Crippen LogP contribution in [0, 0.1) is 10.1 Å². The SMILES string of the molecule is CC(=O)c1ccc([N+](=O)[O-])c(N)c1C(F)(F)F. The van der Waals surface area contributed by atoms with Crippen LogP contribution in [-0.2, 0) is 6.18 Å². The molecule has 0 aliphatic rings. The van der Waals surface area contributed by atoms with Crippen LogP contribution in [0.5, 0.6) is 0 Å². The number of benzene rings is 1. The van der Waals surface area contributed by atoms with Crippen LogP contribution in [0.3, 0.4) is 0 Å². The second kappa shape index (κ2) is 4.04. The van der Waals surface area contributed by atoms with Gasteiger partial charge >= 0.3 is 6.18 Å². The number of anilines is 1. The standard InChI is InChI=1S/C9H7F3N2O3/c1-4(15)5-2-3-6(14(16)17)8(13)7(5)9(10,11)12/h2-3H,13H2,1H3. The number of hydrogen-bond acceptors (Lipinski definition) is 4. The van der Waals surface area contributed by atoms with Crippen LogP contribution in [0.2, 0.25) is 0 Å². The van der Waals surface area contributed by atoms with Crippen LogP contribution in [0.4, 0.5) is 24.5 Å². The fourth-order valence-corrected chi connectivity index (χ4v) is 1.37. The summed E-state index contributed by atoms with van der Waals surface area (Å²) in [5.74, 6) is -0.862. The summed E-state index contributed by atoms with van der Waals surface area (Å²) in [7, 11) is 0. The highest BCUT2D eigenvalue weighted by molar-refractivity contribution is 5.98. The summed E-state index contributed by atoms with van der Waals surface area (Å²) in [6.45, 7) is 0.926. The van der Waals surface area contributed by atoms with Crippen LogP contribution in [-0.4, -0.2) is 10.7 Å². The lowest BCUT2D eigenvalue weighted by molar-refractivity contribution is -0.384. The number of halogens is 3. The van der Waals surface area contributed by atoms with Gasteiger partial charge in [-0.25, -0.2) is 0 Å². The highest BCUT2D eigenvalue weighted by Crippen LogP contribution is 2.40. The molecule has 0 bridgehead atoms. The highest BCUT2D eigenvalue weighted by Gasteiger charge is 2.39. The highest BCUT2D eigenvalue weighted by atomic mass is 19.4. The topological polar surface area (TPSA) is 86.2 Å². The molecule has 0 unspecified atom stereocenters. The molecule has 0 saturated heterocycles. The van der Waals surface area contributed by atoms with Gasteiger partial charge in [-0.1, -0.05) is 0 Å². The number of nitrogen functional groups attached to an aromatic ring is 1. The van der Waals surface area contributed by atoms with Crippen molar-refractivity contribution in [2.75, 3.05) is 5.73 Å². The van der Waals surface area contributed by atoms with E-state index in [1.807, 2.05) is 0 Å². The van der Waals surface area contributed by atoms with Gasteiger partial charge in [0.05, 0.1) is 10.5 Å². The van der Waals surface area contributed by atoms with Gasteiger partial charge in [-0.3, -0.25) is 14.9 Å². The molecule has 0 amide bonds. The molecule has 0 saturated carbocycles. The third-order valence-corrected chi connectivity index (χ3v) is 2.08. The number of ketones is 1. The van der Waals surface area contributed by atoms with Crippen molar-refractivity contribution in [3.8, 4) is 0 Å². The number of alkyl halides is 3. The van der Waals surface area contributed by atoms with E-state index in [9.17, 15) is 28.1 Å². The van der Waals surface area contributed by atoms with Crippen molar-refractivity contribution in [3.05, 3.63) is 33.4 Å². The van der Waals surface area contributed by atoms with Gasteiger partial charge in [0.25, 0.3) is 5.69 Å². The Balaban J connectivity index is 3.65. The minimum atomic E-state index is -4.92. The van der Waals surface area contributed by atoms with E-state index in [2.05, 4.69) is 0 Å². The number of nitro groups is 1. The largest absolute Gasteiger partial charge is 0.419 e. The van der Waals surface area contributed by atoms with Crippen molar-refractivity contribution < 1.29 is 22.9 Å². The molecule has 0 aliphatic heterocycles. The quantitative estimate of drug-likeness (QED) is 0.377. The monoisotopic (exact) mass is 248 g/mol. The van der Waals surface area contributed by atoms with E-state index in [0.717, 1.165) is 19.1 Å². The molecule has 0 aromatic heterocycles.